The molecule has 3 heterocycles. The van der Waals surface area contributed by atoms with Gasteiger partial charge in [-0.2, -0.15) is 0 Å². The first-order valence-corrected chi connectivity index (χ1v) is 10.4. The average molecular weight is 417 g/mol. The SMILES string of the molecule is CN1CCCN(C(=O)COc2ccc3c(c2)CCC(=O)N3)c2nc3ccccc3nc21. The molecule has 2 aliphatic heterocycles. The Morgan fingerprint density at radius 3 is 2.65 bits per heavy atom. The fraction of sp³-hybridized carbons (Fsp3) is 0.304. The number of carbonyl (C=O) groups excluding carboxylic acids is 2. The number of hydrogen-bond donors (Lipinski definition) is 1. The van der Waals surface area contributed by atoms with Crippen LogP contribution in [0.1, 0.15) is 18.4 Å². The molecule has 1 N–H and O–H groups in total. The second-order valence-corrected chi connectivity index (χ2v) is 7.84. The number of aromatic nitrogens is 2. The third kappa shape index (κ3) is 3.76. The summed E-state index contributed by atoms with van der Waals surface area (Å²) >= 11 is 0. The monoisotopic (exact) mass is 417 g/mol. The van der Waals surface area contributed by atoms with Crippen molar-refractivity contribution in [3.8, 4) is 5.75 Å². The Balaban J connectivity index is 1.38. The number of para-hydroxylation sites is 2. The van der Waals surface area contributed by atoms with E-state index in [1.54, 1.807) is 11.0 Å². The lowest BCUT2D eigenvalue weighted by Gasteiger charge is -2.23. The lowest BCUT2D eigenvalue weighted by atomic mass is 10.0. The largest absolute Gasteiger partial charge is 0.484 e. The van der Waals surface area contributed by atoms with E-state index in [0.29, 0.717) is 36.8 Å². The molecule has 2 aliphatic rings. The van der Waals surface area contributed by atoms with Gasteiger partial charge < -0.3 is 15.0 Å². The van der Waals surface area contributed by atoms with Crippen LogP contribution >= 0.6 is 0 Å². The predicted molar refractivity (Wildman–Crippen MR) is 119 cm³/mol. The van der Waals surface area contributed by atoms with Crippen molar-refractivity contribution in [1.29, 1.82) is 0 Å². The number of nitrogens with zero attached hydrogens (tertiary/aromatic N) is 4. The highest BCUT2D eigenvalue weighted by Gasteiger charge is 2.27. The molecule has 0 saturated carbocycles. The van der Waals surface area contributed by atoms with Gasteiger partial charge in [0.05, 0.1) is 11.0 Å². The second kappa shape index (κ2) is 7.86. The first-order chi connectivity index (χ1) is 15.1. The van der Waals surface area contributed by atoms with Crippen LogP contribution in [0.5, 0.6) is 5.75 Å². The summed E-state index contributed by atoms with van der Waals surface area (Å²) in [6.45, 7) is 1.26. The molecule has 2 amide bonds. The number of amides is 2. The summed E-state index contributed by atoms with van der Waals surface area (Å²) in [7, 11) is 1.97. The van der Waals surface area contributed by atoms with Crippen molar-refractivity contribution in [2.24, 2.45) is 0 Å². The first kappa shape index (κ1) is 19.3. The van der Waals surface area contributed by atoms with Crippen LogP contribution in [0, 0.1) is 0 Å². The van der Waals surface area contributed by atoms with E-state index >= 15 is 0 Å². The zero-order valence-corrected chi connectivity index (χ0v) is 17.3. The van der Waals surface area contributed by atoms with E-state index in [0.717, 1.165) is 35.2 Å². The molecule has 0 unspecified atom stereocenters. The molecule has 0 aliphatic carbocycles. The number of ether oxygens (including phenoxy) is 1. The summed E-state index contributed by atoms with van der Waals surface area (Å²) < 4.78 is 5.82. The molecule has 8 heteroatoms. The van der Waals surface area contributed by atoms with Gasteiger partial charge in [0.15, 0.2) is 18.2 Å². The van der Waals surface area contributed by atoms with Crippen molar-refractivity contribution >= 4 is 40.2 Å². The minimum atomic E-state index is -0.160. The minimum absolute atomic E-state index is 0.0229. The minimum Gasteiger partial charge on any atom is -0.484 e. The normalized spacial score (nSPS) is 15.7. The number of aryl methyl sites for hydroxylation is 1. The zero-order chi connectivity index (χ0) is 21.4. The van der Waals surface area contributed by atoms with Crippen LogP contribution in [0.25, 0.3) is 11.0 Å². The fourth-order valence-electron chi connectivity index (χ4n) is 4.01. The topological polar surface area (TPSA) is 87.7 Å². The number of carbonyl (C=O) groups is 2. The van der Waals surface area contributed by atoms with E-state index in [-0.39, 0.29) is 18.4 Å². The highest BCUT2D eigenvalue weighted by atomic mass is 16.5. The standard InChI is InChI=1S/C23H23N5O3/c1-27-11-4-12-28(23-22(27)25-18-5-2-3-6-19(18)26-23)21(30)14-31-16-8-9-17-15(13-16)7-10-20(29)24-17/h2-3,5-6,8-9,13H,4,7,10-12,14H2,1H3,(H,24,29). The molecule has 2 aromatic carbocycles. The van der Waals surface area contributed by atoms with Crippen LogP contribution in [0.3, 0.4) is 0 Å². The Morgan fingerprint density at radius 1 is 1.06 bits per heavy atom. The fourth-order valence-corrected chi connectivity index (χ4v) is 4.01. The average Bonchev–Trinajstić information content (AvgIpc) is 2.94. The smallest absolute Gasteiger partial charge is 0.266 e. The number of anilines is 3. The Morgan fingerprint density at radius 2 is 1.84 bits per heavy atom. The summed E-state index contributed by atoms with van der Waals surface area (Å²) in [5.74, 6) is 1.75. The Kier molecular flexibility index (Phi) is 4.89. The van der Waals surface area contributed by atoms with Gasteiger partial charge in [-0.05, 0) is 48.7 Å². The van der Waals surface area contributed by atoms with Gasteiger partial charge >= 0.3 is 0 Å². The van der Waals surface area contributed by atoms with E-state index in [4.69, 9.17) is 14.7 Å². The number of benzene rings is 2. The van der Waals surface area contributed by atoms with E-state index < -0.39 is 0 Å². The van der Waals surface area contributed by atoms with Gasteiger partial charge in [-0.25, -0.2) is 9.97 Å². The molecular weight excluding hydrogens is 394 g/mol. The maximum Gasteiger partial charge on any atom is 0.266 e. The molecule has 1 aromatic heterocycles. The van der Waals surface area contributed by atoms with Gasteiger partial charge in [0.2, 0.25) is 5.91 Å². The predicted octanol–water partition coefficient (Wildman–Crippen LogP) is 2.77. The highest BCUT2D eigenvalue weighted by Crippen LogP contribution is 2.31. The first-order valence-electron chi connectivity index (χ1n) is 10.4. The molecular formula is C23H23N5O3. The molecule has 158 valence electrons. The van der Waals surface area contributed by atoms with E-state index in [1.807, 2.05) is 48.3 Å². The van der Waals surface area contributed by atoms with Crippen LogP contribution in [0.15, 0.2) is 42.5 Å². The number of fused-ring (bicyclic) bond motifs is 3. The van der Waals surface area contributed by atoms with Crippen LogP contribution in [-0.2, 0) is 16.0 Å². The number of hydrogen-bond acceptors (Lipinski definition) is 6. The van der Waals surface area contributed by atoms with Crippen molar-refractivity contribution in [1.82, 2.24) is 9.97 Å². The van der Waals surface area contributed by atoms with Crippen LogP contribution < -0.4 is 19.9 Å². The van der Waals surface area contributed by atoms with Crippen molar-refractivity contribution < 1.29 is 14.3 Å². The van der Waals surface area contributed by atoms with Crippen molar-refractivity contribution in [3.05, 3.63) is 48.0 Å². The van der Waals surface area contributed by atoms with E-state index in [2.05, 4.69) is 5.32 Å². The van der Waals surface area contributed by atoms with Crippen LogP contribution in [-0.4, -0.2) is 48.5 Å². The highest BCUT2D eigenvalue weighted by molar-refractivity contribution is 5.98. The zero-order valence-electron chi connectivity index (χ0n) is 17.3. The molecule has 8 nitrogen and oxygen atoms in total. The van der Waals surface area contributed by atoms with E-state index in [9.17, 15) is 9.59 Å². The molecule has 0 bridgehead atoms. The summed E-state index contributed by atoms with van der Waals surface area (Å²) in [6, 6.07) is 13.2. The van der Waals surface area contributed by atoms with Gasteiger partial charge in [-0.3, -0.25) is 14.5 Å². The van der Waals surface area contributed by atoms with Crippen molar-refractivity contribution in [3.63, 3.8) is 0 Å². The molecule has 31 heavy (non-hydrogen) atoms. The molecule has 5 rings (SSSR count). The Labute approximate surface area is 179 Å². The summed E-state index contributed by atoms with van der Waals surface area (Å²) in [6.07, 6.45) is 1.94. The molecule has 3 aromatic rings. The molecule has 0 fully saturated rings. The van der Waals surface area contributed by atoms with Crippen LogP contribution in [0.2, 0.25) is 0 Å². The summed E-state index contributed by atoms with van der Waals surface area (Å²) in [5, 5.41) is 2.85. The summed E-state index contributed by atoms with van der Waals surface area (Å²) in [5.41, 5.74) is 3.39. The van der Waals surface area contributed by atoms with Gasteiger partial charge in [-0.1, -0.05) is 12.1 Å². The van der Waals surface area contributed by atoms with Gasteiger partial charge in [0.25, 0.3) is 5.91 Å². The van der Waals surface area contributed by atoms with Gasteiger partial charge in [-0.15, -0.1) is 0 Å². The molecule has 0 radical (unpaired) electrons. The second-order valence-electron chi connectivity index (χ2n) is 7.84. The molecule has 0 spiro atoms. The van der Waals surface area contributed by atoms with E-state index in [1.165, 1.54) is 0 Å². The van der Waals surface area contributed by atoms with Crippen molar-refractivity contribution in [2.75, 3.05) is 41.9 Å². The van der Waals surface area contributed by atoms with Gasteiger partial charge in [0, 0.05) is 32.2 Å². The third-order valence-corrected chi connectivity index (χ3v) is 5.66. The molecule has 0 saturated heterocycles. The molecule has 0 atom stereocenters. The summed E-state index contributed by atoms with van der Waals surface area (Å²) in [4.78, 5) is 37.9. The lowest BCUT2D eigenvalue weighted by molar-refractivity contribution is -0.120. The maximum absolute atomic E-state index is 13.1. The Hall–Kier alpha value is -3.68. The third-order valence-electron chi connectivity index (χ3n) is 5.66. The van der Waals surface area contributed by atoms with Crippen LogP contribution in [0.4, 0.5) is 17.3 Å². The van der Waals surface area contributed by atoms with Gasteiger partial charge in [0.1, 0.15) is 5.75 Å². The quantitative estimate of drug-likeness (QED) is 0.705. The number of rotatable bonds is 3. The maximum atomic E-state index is 13.1. The lowest BCUT2D eigenvalue weighted by Crippen LogP contribution is -2.36. The van der Waals surface area contributed by atoms with Crippen molar-refractivity contribution in [2.45, 2.75) is 19.3 Å². The number of nitrogens with one attached hydrogen (secondary N) is 1. The Bertz CT molecular complexity index is 1180.